The Morgan fingerprint density at radius 3 is 1.79 bits per heavy atom. The normalized spacial score (nSPS) is 12.9. The summed E-state index contributed by atoms with van der Waals surface area (Å²) >= 11 is 0. The zero-order chi connectivity index (χ0) is 11.2. The van der Waals surface area contributed by atoms with Crippen LogP contribution in [0, 0.1) is 11.8 Å². The van der Waals surface area contributed by atoms with E-state index in [2.05, 4.69) is 34.6 Å². The summed E-state index contributed by atoms with van der Waals surface area (Å²) in [5, 5.41) is 10.5. The Labute approximate surface area is 89.9 Å². The second-order valence-electron chi connectivity index (χ2n) is 5.11. The van der Waals surface area contributed by atoms with Crippen LogP contribution in [0.25, 0.3) is 0 Å². The van der Waals surface area contributed by atoms with Gasteiger partial charge in [-0.05, 0) is 18.3 Å². The molecular formula is C13H28O. The number of hydrogen-bond donors (Lipinski definition) is 1. The van der Waals surface area contributed by atoms with Crippen molar-refractivity contribution in [3.05, 3.63) is 0 Å². The summed E-state index contributed by atoms with van der Waals surface area (Å²) in [6.07, 6.45) is 5.95. The highest BCUT2D eigenvalue weighted by molar-refractivity contribution is 4.84. The van der Waals surface area contributed by atoms with Gasteiger partial charge in [-0.1, -0.05) is 60.3 Å². The molecule has 0 aromatic carbocycles. The molecule has 0 unspecified atom stereocenters. The first kappa shape index (κ1) is 14.0. The molecule has 0 radical (unpaired) electrons. The molecule has 14 heavy (non-hydrogen) atoms. The maximum atomic E-state index is 10.5. The van der Waals surface area contributed by atoms with Gasteiger partial charge in [0.2, 0.25) is 0 Å². The minimum absolute atomic E-state index is 0.365. The van der Waals surface area contributed by atoms with Crippen LogP contribution in [0.1, 0.15) is 66.7 Å². The quantitative estimate of drug-likeness (QED) is 0.616. The van der Waals surface area contributed by atoms with Crippen molar-refractivity contribution in [3.8, 4) is 0 Å². The Balaban J connectivity index is 3.98. The van der Waals surface area contributed by atoms with Crippen molar-refractivity contribution in [2.45, 2.75) is 72.3 Å². The Hall–Kier alpha value is -0.0400. The fraction of sp³-hybridized carbons (Fsp3) is 1.00. The summed E-state index contributed by atoms with van der Waals surface area (Å²) < 4.78 is 0. The highest BCUT2D eigenvalue weighted by atomic mass is 16.3. The molecule has 1 nitrogen and oxygen atoms in total. The third-order valence-electron chi connectivity index (χ3n) is 3.43. The van der Waals surface area contributed by atoms with E-state index in [4.69, 9.17) is 0 Å². The van der Waals surface area contributed by atoms with Gasteiger partial charge in [-0.2, -0.15) is 0 Å². The summed E-state index contributed by atoms with van der Waals surface area (Å²) in [6.45, 7) is 10.7. The van der Waals surface area contributed by atoms with E-state index in [1.54, 1.807) is 0 Å². The smallest absolute Gasteiger partial charge is 0.0693 e. The van der Waals surface area contributed by atoms with Crippen molar-refractivity contribution in [2.24, 2.45) is 11.8 Å². The Morgan fingerprint density at radius 2 is 1.43 bits per heavy atom. The van der Waals surface area contributed by atoms with Crippen molar-refractivity contribution in [1.29, 1.82) is 0 Å². The molecule has 1 heteroatoms. The topological polar surface area (TPSA) is 20.2 Å². The van der Waals surface area contributed by atoms with Crippen molar-refractivity contribution >= 4 is 0 Å². The van der Waals surface area contributed by atoms with E-state index in [0.29, 0.717) is 11.8 Å². The van der Waals surface area contributed by atoms with E-state index in [0.717, 1.165) is 6.42 Å². The molecule has 0 saturated carbocycles. The molecule has 0 aromatic heterocycles. The molecule has 0 saturated heterocycles. The Bertz CT molecular complexity index is 130. The summed E-state index contributed by atoms with van der Waals surface area (Å²) in [5.41, 5.74) is -0.451. The van der Waals surface area contributed by atoms with Crippen LogP contribution in [-0.2, 0) is 0 Å². The van der Waals surface area contributed by atoms with Crippen molar-refractivity contribution in [3.63, 3.8) is 0 Å². The van der Waals surface area contributed by atoms with Gasteiger partial charge in [0, 0.05) is 0 Å². The number of aliphatic hydroxyl groups is 1. The number of rotatable bonds is 7. The molecule has 0 bridgehead atoms. The average Bonchev–Trinajstić information content (AvgIpc) is 2.11. The van der Waals surface area contributed by atoms with Crippen LogP contribution >= 0.6 is 0 Å². The molecule has 0 heterocycles. The molecule has 0 aromatic rings. The van der Waals surface area contributed by atoms with Crippen LogP contribution < -0.4 is 0 Å². The molecule has 1 N–H and O–H groups in total. The van der Waals surface area contributed by atoms with Gasteiger partial charge >= 0.3 is 0 Å². The number of hydrogen-bond acceptors (Lipinski definition) is 1. The fourth-order valence-electron chi connectivity index (χ4n) is 2.08. The van der Waals surface area contributed by atoms with Crippen LogP contribution in [0.5, 0.6) is 0 Å². The lowest BCUT2D eigenvalue weighted by atomic mass is 9.77. The average molecular weight is 200 g/mol. The van der Waals surface area contributed by atoms with Crippen LogP contribution in [0.15, 0.2) is 0 Å². The zero-order valence-electron chi connectivity index (χ0n) is 10.6. The van der Waals surface area contributed by atoms with Crippen LogP contribution in [0.4, 0.5) is 0 Å². The molecular weight excluding hydrogens is 172 g/mol. The van der Waals surface area contributed by atoms with Gasteiger partial charge in [-0.3, -0.25) is 0 Å². The lowest BCUT2D eigenvalue weighted by molar-refractivity contribution is -0.0555. The standard InChI is InChI=1S/C13H28O/c1-6-7-8-9-10-13(14,11(2)3)12(4)5/h11-12,14H,6-10H2,1-5H3. The lowest BCUT2D eigenvalue weighted by Crippen LogP contribution is -2.40. The highest BCUT2D eigenvalue weighted by Crippen LogP contribution is 2.31. The van der Waals surface area contributed by atoms with Crippen molar-refractivity contribution in [1.82, 2.24) is 0 Å². The second kappa shape index (κ2) is 6.44. The van der Waals surface area contributed by atoms with E-state index in [1.165, 1.54) is 25.7 Å². The SMILES string of the molecule is CCCCCCC(O)(C(C)C)C(C)C. The van der Waals surface area contributed by atoms with E-state index in [9.17, 15) is 5.11 Å². The van der Waals surface area contributed by atoms with Gasteiger partial charge in [0.15, 0.2) is 0 Å². The third kappa shape index (κ3) is 4.00. The Kier molecular flexibility index (Phi) is 6.43. The third-order valence-corrected chi connectivity index (χ3v) is 3.43. The largest absolute Gasteiger partial charge is 0.389 e. The summed E-state index contributed by atoms with van der Waals surface area (Å²) in [6, 6.07) is 0. The van der Waals surface area contributed by atoms with Crippen molar-refractivity contribution < 1.29 is 5.11 Å². The summed E-state index contributed by atoms with van der Waals surface area (Å²) in [7, 11) is 0. The van der Waals surface area contributed by atoms with E-state index in [1.807, 2.05) is 0 Å². The first-order valence-corrected chi connectivity index (χ1v) is 6.17. The fourth-order valence-corrected chi connectivity index (χ4v) is 2.08. The zero-order valence-corrected chi connectivity index (χ0v) is 10.6. The second-order valence-corrected chi connectivity index (χ2v) is 5.11. The van der Waals surface area contributed by atoms with Gasteiger partial charge in [-0.15, -0.1) is 0 Å². The first-order chi connectivity index (χ1) is 6.45. The van der Waals surface area contributed by atoms with E-state index in [-0.39, 0.29) is 0 Å². The van der Waals surface area contributed by atoms with Crippen LogP contribution in [0.3, 0.4) is 0 Å². The molecule has 0 aliphatic carbocycles. The Morgan fingerprint density at radius 1 is 0.929 bits per heavy atom. The monoisotopic (exact) mass is 200 g/mol. The van der Waals surface area contributed by atoms with Crippen molar-refractivity contribution in [2.75, 3.05) is 0 Å². The first-order valence-electron chi connectivity index (χ1n) is 6.17. The molecule has 0 aliphatic heterocycles. The molecule has 0 fully saturated rings. The van der Waals surface area contributed by atoms with Gasteiger partial charge in [0.05, 0.1) is 5.60 Å². The maximum absolute atomic E-state index is 10.5. The van der Waals surface area contributed by atoms with Gasteiger partial charge in [0.1, 0.15) is 0 Å². The lowest BCUT2D eigenvalue weighted by Gasteiger charge is -2.36. The summed E-state index contributed by atoms with van der Waals surface area (Å²) in [4.78, 5) is 0. The van der Waals surface area contributed by atoms with Crippen LogP contribution in [-0.4, -0.2) is 10.7 Å². The molecule has 0 amide bonds. The highest BCUT2D eigenvalue weighted by Gasteiger charge is 2.33. The number of unbranched alkanes of at least 4 members (excludes halogenated alkanes) is 3. The van der Waals surface area contributed by atoms with E-state index >= 15 is 0 Å². The minimum atomic E-state index is -0.451. The van der Waals surface area contributed by atoms with Crippen LogP contribution in [0.2, 0.25) is 0 Å². The van der Waals surface area contributed by atoms with Gasteiger partial charge < -0.3 is 5.11 Å². The summed E-state index contributed by atoms with van der Waals surface area (Å²) in [5.74, 6) is 0.730. The molecule has 86 valence electrons. The van der Waals surface area contributed by atoms with Gasteiger partial charge in [-0.25, -0.2) is 0 Å². The molecule has 0 rings (SSSR count). The maximum Gasteiger partial charge on any atom is 0.0693 e. The van der Waals surface area contributed by atoms with E-state index < -0.39 is 5.60 Å². The predicted octanol–water partition coefficient (Wildman–Crippen LogP) is 4.00. The minimum Gasteiger partial charge on any atom is -0.389 e. The molecule has 0 spiro atoms. The molecule has 0 aliphatic rings. The molecule has 0 atom stereocenters. The van der Waals surface area contributed by atoms with Gasteiger partial charge in [0.25, 0.3) is 0 Å². The predicted molar refractivity (Wildman–Crippen MR) is 63.4 cm³/mol.